The molecule has 134 valence electrons. The van der Waals surface area contributed by atoms with Crippen LogP contribution in [0.15, 0.2) is 24.3 Å². The molecule has 6 nitrogen and oxygen atoms in total. The summed E-state index contributed by atoms with van der Waals surface area (Å²) in [5, 5.41) is 1.31. The topological polar surface area (TPSA) is 75.7 Å². The highest BCUT2D eigenvalue weighted by atomic mass is 32.2. The maximum Gasteiger partial charge on any atom is 0.573 e. The summed E-state index contributed by atoms with van der Waals surface area (Å²) in [6, 6.07) is 5.59. The highest BCUT2D eigenvalue weighted by Crippen LogP contribution is 2.26. The first-order chi connectivity index (χ1) is 11.1. The molecule has 1 aromatic rings. The van der Waals surface area contributed by atoms with Crippen LogP contribution >= 0.6 is 0 Å². The third-order valence-electron chi connectivity index (χ3n) is 3.68. The van der Waals surface area contributed by atoms with Crippen LogP contribution in [-0.4, -0.2) is 50.4 Å². The van der Waals surface area contributed by atoms with Crippen LogP contribution < -0.4 is 10.1 Å². The van der Waals surface area contributed by atoms with E-state index in [0.29, 0.717) is 0 Å². The van der Waals surface area contributed by atoms with Crippen LogP contribution in [0.1, 0.15) is 12.0 Å². The molecule has 0 spiro atoms. The molecule has 0 saturated carbocycles. The van der Waals surface area contributed by atoms with E-state index in [2.05, 4.69) is 10.1 Å². The molecular formula is C14H17F3N2O4S. The molecular weight excluding hydrogens is 349 g/mol. The average Bonchev–Trinajstić information content (AvgIpc) is 2.73. The van der Waals surface area contributed by atoms with Crippen LogP contribution in [0.5, 0.6) is 5.75 Å². The molecule has 0 aromatic heterocycles. The van der Waals surface area contributed by atoms with Gasteiger partial charge in [-0.25, -0.2) is 12.7 Å². The van der Waals surface area contributed by atoms with Gasteiger partial charge in [0.1, 0.15) is 5.75 Å². The van der Waals surface area contributed by atoms with Crippen molar-refractivity contribution < 1.29 is 31.1 Å². The van der Waals surface area contributed by atoms with Gasteiger partial charge in [0, 0.05) is 20.1 Å². The predicted molar refractivity (Wildman–Crippen MR) is 79.8 cm³/mol. The van der Waals surface area contributed by atoms with Crippen LogP contribution in [0.4, 0.5) is 13.2 Å². The first-order valence-electron chi connectivity index (χ1n) is 7.18. The van der Waals surface area contributed by atoms with E-state index < -0.39 is 27.5 Å². The number of sulfonamides is 1. The van der Waals surface area contributed by atoms with E-state index in [0.717, 1.165) is 4.31 Å². The summed E-state index contributed by atoms with van der Waals surface area (Å²) in [5.74, 6) is -0.985. The van der Waals surface area contributed by atoms with E-state index in [1.165, 1.54) is 25.2 Å². The minimum atomic E-state index is -4.80. The van der Waals surface area contributed by atoms with Gasteiger partial charge >= 0.3 is 6.36 Å². The van der Waals surface area contributed by atoms with Crippen molar-refractivity contribution in [2.45, 2.75) is 24.5 Å². The number of nitrogens with zero attached hydrogens (tertiary/aromatic N) is 1. The van der Waals surface area contributed by atoms with Crippen molar-refractivity contribution in [2.75, 3.05) is 20.1 Å². The Bertz CT molecular complexity index is 706. The summed E-state index contributed by atoms with van der Waals surface area (Å²) in [6.45, 7) is 0.273. The fourth-order valence-electron chi connectivity index (χ4n) is 2.43. The fraction of sp³-hybridized carbons (Fsp3) is 0.500. The lowest BCUT2D eigenvalue weighted by Crippen LogP contribution is -2.40. The minimum absolute atomic E-state index is 0.00674. The second kappa shape index (κ2) is 6.98. The maximum absolute atomic E-state index is 12.3. The number of nitrogens with one attached hydrogen (secondary N) is 1. The van der Waals surface area contributed by atoms with Crippen molar-refractivity contribution in [2.24, 2.45) is 0 Å². The molecule has 1 fully saturated rings. The molecule has 1 aliphatic rings. The van der Waals surface area contributed by atoms with Gasteiger partial charge < -0.3 is 10.1 Å². The monoisotopic (exact) mass is 366 g/mol. The first kappa shape index (κ1) is 18.5. The minimum Gasteiger partial charge on any atom is -0.406 e. The van der Waals surface area contributed by atoms with Gasteiger partial charge in [-0.1, -0.05) is 18.2 Å². The smallest absolute Gasteiger partial charge is 0.406 e. The van der Waals surface area contributed by atoms with Gasteiger partial charge in [0.25, 0.3) is 0 Å². The molecule has 1 unspecified atom stereocenters. The second-order valence-electron chi connectivity index (χ2n) is 5.34. The Kier molecular flexibility index (Phi) is 5.38. The lowest BCUT2D eigenvalue weighted by atomic mass is 10.1. The SMILES string of the molecule is CN1CCC(C(=O)NCCc2ccccc2OC(F)(F)F)S1(=O)=O. The van der Waals surface area contributed by atoms with Gasteiger partial charge in [-0.2, -0.15) is 0 Å². The van der Waals surface area contributed by atoms with Gasteiger partial charge in [-0.15, -0.1) is 13.2 Å². The number of ether oxygens (including phenoxy) is 1. The Labute approximate surface area is 137 Å². The Morgan fingerprint density at radius 2 is 2.04 bits per heavy atom. The van der Waals surface area contributed by atoms with E-state index in [9.17, 15) is 26.4 Å². The summed E-state index contributed by atoms with van der Waals surface area (Å²) in [7, 11) is -2.25. The van der Waals surface area contributed by atoms with E-state index in [1.807, 2.05) is 0 Å². The first-order valence-corrected chi connectivity index (χ1v) is 8.68. The summed E-state index contributed by atoms with van der Waals surface area (Å²) < 4.78 is 65.8. The highest BCUT2D eigenvalue weighted by Gasteiger charge is 2.41. The molecule has 1 aliphatic heterocycles. The normalized spacial score (nSPS) is 20.8. The summed E-state index contributed by atoms with van der Waals surface area (Å²) in [4.78, 5) is 12.0. The zero-order chi connectivity index (χ0) is 18.0. The molecule has 1 amide bonds. The molecule has 1 N–H and O–H groups in total. The van der Waals surface area contributed by atoms with Crippen molar-refractivity contribution in [1.82, 2.24) is 9.62 Å². The maximum atomic E-state index is 12.3. The number of carbonyl (C=O) groups is 1. The third kappa shape index (κ3) is 4.38. The zero-order valence-corrected chi connectivity index (χ0v) is 13.7. The number of alkyl halides is 3. The number of carbonyl (C=O) groups excluding carboxylic acids is 1. The van der Waals surface area contributed by atoms with E-state index in [4.69, 9.17) is 0 Å². The number of benzene rings is 1. The Balaban J connectivity index is 1.94. The van der Waals surface area contributed by atoms with Gasteiger partial charge in [0.2, 0.25) is 15.9 Å². The van der Waals surface area contributed by atoms with Crippen molar-refractivity contribution in [1.29, 1.82) is 0 Å². The van der Waals surface area contributed by atoms with Crippen LogP contribution in [0.25, 0.3) is 0 Å². The fourth-order valence-corrected chi connectivity index (χ4v) is 3.98. The molecule has 0 radical (unpaired) electrons. The highest BCUT2D eigenvalue weighted by molar-refractivity contribution is 7.90. The molecule has 1 aromatic carbocycles. The Hall–Kier alpha value is -1.81. The number of halogens is 3. The molecule has 1 heterocycles. The molecule has 2 rings (SSSR count). The van der Waals surface area contributed by atoms with E-state index in [-0.39, 0.29) is 37.2 Å². The van der Waals surface area contributed by atoms with Crippen LogP contribution in [0, 0.1) is 0 Å². The standard InChI is InChI=1S/C14H17F3N2O4S/c1-19-9-7-12(24(19,21)22)13(20)18-8-6-10-4-2-3-5-11(10)23-14(15,16)17/h2-5,12H,6-9H2,1H3,(H,18,20). The molecule has 0 aliphatic carbocycles. The van der Waals surface area contributed by atoms with Crippen molar-refractivity contribution in [3.05, 3.63) is 29.8 Å². The summed E-state index contributed by atoms with van der Waals surface area (Å²) in [6.07, 6.45) is -4.53. The van der Waals surface area contributed by atoms with E-state index in [1.54, 1.807) is 6.07 Å². The molecule has 24 heavy (non-hydrogen) atoms. The third-order valence-corrected chi connectivity index (χ3v) is 5.90. The molecule has 1 atom stereocenters. The van der Waals surface area contributed by atoms with Gasteiger partial charge in [-0.05, 0) is 24.5 Å². The van der Waals surface area contributed by atoms with E-state index >= 15 is 0 Å². The quantitative estimate of drug-likeness (QED) is 0.852. The lowest BCUT2D eigenvalue weighted by Gasteiger charge is -2.14. The van der Waals surface area contributed by atoms with Crippen molar-refractivity contribution in [3.63, 3.8) is 0 Å². The number of hydrogen-bond donors (Lipinski definition) is 1. The second-order valence-corrected chi connectivity index (χ2v) is 7.56. The number of rotatable bonds is 5. The van der Waals surface area contributed by atoms with Crippen LogP contribution in [0.3, 0.4) is 0 Å². The summed E-state index contributed by atoms with van der Waals surface area (Å²) >= 11 is 0. The predicted octanol–water partition coefficient (Wildman–Crippen LogP) is 1.28. The van der Waals surface area contributed by atoms with Crippen LogP contribution in [0.2, 0.25) is 0 Å². The summed E-state index contributed by atoms with van der Waals surface area (Å²) in [5.41, 5.74) is 0.265. The van der Waals surface area contributed by atoms with Gasteiger partial charge in [0.05, 0.1) is 0 Å². The van der Waals surface area contributed by atoms with Crippen LogP contribution in [-0.2, 0) is 21.2 Å². The molecule has 10 heteroatoms. The Morgan fingerprint density at radius 3 is 2.62 bits per heavy atom. The van der Waals surface area contributed by atoms with Gasteiger partial charge in [-0.3, -0.25) is 4.79 Å². The average molecular weight is 366 g/mol. The lowest BCUT2D eigenvalue weighted by molar-refractivity contribution is -0.274. The molecule has 1 saturated heterocycles. The van der Waals surface area contributed by atoms with Gasteiger partial charge in [0.15, 0.2) is 5.25 Å². The number of para-hydroxylation sites is 1. The van der Waals surface area contributed by atoms with Crippen molar-refractivity contribution in [3.8, 4) is 5.75 Å². The van der Waals surface area contributed by atoms with Crippen molar-refractivity contribution >= 4 is 15.9 Å². The number of hydrogen-bond acceptors (Lipinski definition) is 4. The molecule has 0 bridgehead atoms. The Morgan fingerprint density at radius 1 is 1.38 bits per heavy atom. The zero-order valence-electron chi connectivity index (χ0n) is 12.8. The largest absolute Gasteiger partial charge is 0.573 e. The number of amides is 1.